The highest BCUT2D eigenvalue weighted by molar-refractivity contribution is 6.32. The van der Waals surface area contributed by atoms with Crippen molar-refractivity contribution >= 4 is 17.1 Å². The fourth-order valence-corrected chi connectivity index (χ4v) is 2.61. The first-order valence-corrected chi connectivity index (χ1v) is 8.24. The van der Waals surface area contributed by atoms with Gasteiger partial charge in [0, 0.05) is 16.7 Å². The van der Waals surface area contributed by atoms with Gasteiger partial charge in [-0.3, -0.25) is 9.59 Å². The normalized spacial score (nSPS) is 11.0. The lowest BCUT2D eigenvalue weighted by Crippen LogP contribution is -2.06. The summed E-state index contributed by atoms with van der Waals surface area (Å²) in [5.74, 6) is 0.267. The Balaban J connectivity index is 2.01. The fourth-order valence-electron chi connectivity index (χ4n) is 2.61. The molecule has 0 saturated heterocycles. The molecule has 0 aromatic heterocycles. The summed E-state index contributed by atoms with van der Waals surface area (Å²) in [5.41, 5.74) is 2.13. The van der Waals surface area contributed by atoms with Crippen LogP contribution in [0.3, 0.4) is 0 Å². The molecule has 0 bridgehead atoms. The van der Waals surface area contributed by atoms with Crippen LogP contribution in [0, 0.1) is 0 Å². The quantitative estimate of drug-likeness (QED) is 0.475. The Morgan fingerprint density at radius 2 is 1.23 bits per heavy atom. The number of rotatable bonds is 6. The molecule has 3 heteroatoms. The molecule has 0 amide bonds. The van der Waals surface area contributed by atoms with Gasteiger partial charge in [0.15, 0.2) is 11.6 Å². The minimum Gasteiger partial charge on any atom is -0.497 e. The molecule has 0 aliphatic rings. The minimum atomic E-state index is -0.226. The number of Topliss-reactive ketones (excluding diaryl/α,β-unsaturated/α-hetero) is 1. The van der Waals surface area contributed by atoms with Crippen molar-refractivity contribution in [1.82, 2.24) is 0 Å². The molecule has 3 rings (SSSR count). The van der Waals surface area contributed by atoms with E-state index in [1.807, 2.05) is 36.4 Å². The average molecular weight is 342 g/mol. The third-order valence-corrected chi connectivity index (χ3v) is 4.02. The Bertz CT molecular complexity index is 924. The summed E-state index contributed by atoms with van der Waals surface area (Å²) in [6.45, 7) is 0. The largest absolute Gasteiger partial charge is 0.497 e. The molecule has 0 heterocycles. The Hall–Kier alpha value is -3.46. The second-order valence-electron chi connectivity index (χ2n) is 5.71. The maximum atomic E-state index is 13.0. The van der Waals surface area contributed by atoms with Crippen molar-refractivity contribution in [3.8, 4) is 5.75 Å². The van der Waals surface area contributed by atoms with Crippen LogP contribution in [0.25, 0.3) is 5.57 Å². The predicted molar refractivity (Wildman–Crippen MR) is 103 cm³/mol. The van der Waals surface area contributed by atoms with E-state index in [1.165, 1.54) is 6.08 Å². The average Bonchev–Trinajstić information content (AvgIpc) is 2.72. The van der Waals surface area contributed by atoms with Crippen molar-refractivity contribution in [3.63, 3.8) is 0 Å². The van der Waals surface area contributed by atoms with Crippen LogP contribution in [0.1, 0.15) is 26.3 Å². The number of methoxy groups -OCH3 is 1. The maximum Gasteiger partial charge on any atom is 0.193 e. The van der Waals surface area contributed by atoms with E-state index >= 15 is 0 Å². The van der Waals surface area contributed by atoms with E-state index in [2.05, 4.69) is 0 Å². The van der Waals surface area contributed by atoms with Crippen LogP contribution in [-0.2, 0) is 0 Å². The fraction of sp³-hybridized carbons (Fsp3) is 0.0435. The first-order chi connectivity index (χ1) is 12.7. The van der Waals surface area contributed by atoms with Gasteiger partial charge >= 0.3 is 0 Å². The smallest absolute Gasteiger partial charge is 0.193 e. The third kappa shape index (κ3) is 3.95. The Kier molecular flexibility index (Phi) is 5.40. The van der Waals surface area contributed by atoms with Crippen molar-refractivity contribution in [2.75, 3.05) is 7.11 Å². The van der Waals surface area contributed by atoms with Crippen molar-refractivity contribution in [1.29, 1.82) is 0 Å². The van der Waals surface area contributed by atoms with E-state index in [4.69, 9.17) is 4.74 Å². The summed E-state index contributed by atoms with van der Waals surface area (Å²) in [7, 11) is 1.57. The number of hydrogen-bond donors (Lipinski definition) is 0. The second-order valence-corrected chi connectivity index (χ2v) is 5.71. The minimum absolute atomic E-state index is 0.182. The Morgan fingerprint density at radius 1 is 0.692 bits per heavy atom. The van der Waals surface area contributed by atoms with Crippen LogP contribution in [-0.4, -0.2) is 18.7 Å². The van der Waals surface area contributed by atoms with Gasteiger partial charge in [-0.1, -0.05) is 60.7 Å². The van der Waals surface area contributed by atoms with Crippen LogP contribution >= 0.6 is 0 Å². The van der Waals surface area contributed by atoms with Crippen LogP contribution < -0.4 is 4.74 Å². The highest BCUT2D eigenvalue weighted by Gasteiger charge is 2.16. The first-order valence-electron chi connectivity index (χ1n) is 8.24. The van der Waals surface area contributed by atoms with Gasteiger partial charge in [-0.05, 0) is 35.9 Å². The zero-order valence-corrected chi connectivity index (χ0v) is 14.4. The highest BCUT2D eigenvalue weighted by atomic mass is 16.5. The lowest BCUT2D eigenvalue weighted by atomic mass is 9.94. The van der Waals surface area contributed by atoms with Gasteiger partial charge in [0.1, 0.15) is 5.75 Å². The molecule has 0 fully saturated rings. The molecule has 3 aromatic carbocycles. The second kappa shape index (κ2) is 8.08. The van der Waals surface area contributed by atoms with Gasteiger partial charge in [-0.15, -0.1) is 0 Å². The van der Waals surface area contributed by atoms with E-state index < -0.39 is 0 Å². The SMILES string of the molecule is COc1ccc(C(=O)/C=C(/C(=O)c2ccccc2)c2ccccc2)cc1. The molecule has 0 atom stereocenters. The standard InChI is InChI=1S/C23H18O3/c1-26-20-14-12-18(13-15-20)22(24)16-21(17-8-4-2-5-9-17)23(25)19-10-6-3-7-11-19/h2-16H,1H3/b21-16+. The molecule has 3 aromatic rings. The monoisotopic (exact) mass is 342 g/mol. The molecular weight excluding hydrogens is 324 g/mol. The number of benzene rings is 3. The number of allylic oxidation sites excluding steroid dienone is 2. The van der Waals surface area contributed by atoms with E-state index in [0.29, 0.717) is 28.0 Å². The van der Waals surface area contributed by atoms with Crippen LogP contribution in [0.4, 0.5) is 0 Å². The molecule has 0 radical (unpaired) electrons. The van der Waals surface area contributed by atoms with Gasteiger partial charge in [-0.25, -0.2) is 0 Å². The lowest BCUT2D eigenvalue weighted by Gasteiger charge is -2.08. The third-order valence-electron chi connectivity index (χ3n) is 4.02. The van der Waals surface area contributed by atoms with Crippen molar-refractivity contribution in [2.24, 2.45) is 0 Å². The topological polar surface area (TPSA) is 43.4 Å². The summed E-state index contributed by atoms with van der Waals surface area (Å²) in [4.78, 5) is 25.7. The number of hydrogen-bond acceptors (Lipinski definition) is 3. The summed E-state index contributed by atoms with van der Waals surface area (Å²) in [6.07, 6.45) is 1.41. The Labute approximate surface area is 152 Å². The zero-order chi connectivity index (χ0) is 18.4. The van der Waals surface area contributed by atoms with E-state index in [9.17, 15) is 9.59 Å². The molecule has 128 valence electrons. The number of ketones is 2. The maximum absolute atomic E-state index is 13.0. The van der Waals surface area contributed by atoms with Crippen LogP contribution in [0.15, 0.2) is 91.0 Å². The molecule has 0 spiro atoms. The zero-order valence-electron chi connectivity index (χ0n) is 14.4. The molecule has 0 unspecified atom stereocenters. The summed E-state index contributed by atoms with van der Waals surface area (Å²) >= 11 is 0. The van der Waals surface area contributed by atoms with Crippen molar-refractivity contribution in [2.45, 2.75) is 0 Å². The number of ether oxygens (including phenoxy) is 1. The highest BCUT2D eigenvalue weighted by Crippen LogP contribution is 2.21. The molecule has 0 N–H and O–H groups in total. The summed E-state index contributed by atoms with van der Waals surface area (Å²) in [6, 6.07) is 25.0. The molecule has 0 saturated carbocycles. The van der Waals surface area contributed by atoms with Gasteiger partial charge in [0.25, 0.3) is 0 Å². The molecule has 0 aliphatic heterocycles. The number of carbonyl (C=O) groups excluding carboxylic acids is 2. The van der Waals surface area contributed by atoms with Gasteiger partial charge in [0.05, 0.1) is 7.11 Å². The van der Waals surface area contributed by atoms with Crippen LogP contribution in [0.2, 0.25) is 0 Å². The predicted octanol–water partition coefficient (Wildman–Crippen LogP) is 4.84. The molecule has 0 aliphatic carbocycles. The molecule has 26 heavy (non-hydrogen) atoms. The van der Waals surface area contributed by atoms with Crippen LogP contribution in [0.5, 0.6) is 5.75 Å². The van der Waals surface area contributed by atoms with Gasteiger partial charge in [0.2, 0.25) is 0 Å². The first kappa shape index (κ1) is 17.4. The Morgan fingerprint density at radius 3 is 1.77 bits per heavy atom. The van der Waals surface area contributed by atoms with Gasteiger partial charge in [-0.2, -0.15) is 0 Å². The van der Waals surface area contributed by atoms with E-state index in [0.717, 1.165) is 0 Å². The van der Waals surface area contributed by atoms with E-state index in [1.54, 1.807) is 55.6 Å². The van der Waals surface area contributed by atoms with Gasteiger partial charge < -0.3 is 4.74 Å². The summed E-state index contributed by atoms with van der Waals surface area (Å²) < 4.78 is 5.11. The van der Waals surface area contributed by atoms with E-state index in [-0.39, 0.29) is 11.6 Å². The molecular formula is C23H18O3. The lowest BCUT2D eigenvalue weighted by molar-refractivity contribution is 0.102. The number of carbonyl (C=O) groups is 2. The van der Waals surface area contributed by atoms with Crippen molar-refractivity contribution in [3.05, 3.63) is 108 Å². The summed E-state index contributed by atoms with van der Waals surface area (Å²) in [5, 5.41) is 0. The van der Waals surface area contributed by atoms with Crippen molar-refractivity contribution < 1.29 is 14.3 Å². The molecule has 3 nitrogen and oxygen atoms in total.